The summed E-state index contributed by atoms with van der Waals surface area (Å²) in [5.74, 6) is -0.871. The highest BCUT2D eigenvalue weighted by Crippen LogP contribution is 2.14. The molecule has 1 rings (SSSR count). The molecule has 132 valence electrons. The minimum Gasteiger partial charge on any atom is -0.479 e. The number of esters is 1. The summed E-state index contributed by atoms with van der Waals surface area (Å²) >= 11 is 0. The smallest absolute Gasteiger partial charge is 0.347 e. The first-order valence-corrected chi connectivity index (χ1v) is 7.59. The number of aryl methyl sites for hydroxylation is 1. The summed E-state index contributed by atoms with van der Waals surface area (Å²) in [5, 5.41) is 4.64. The Hall–Kier alpha value is -2.57. The first kappa shape index (κ1) is 19.5. The number of hydrogen-bond acceptors (Lipinski definition) is 5. The van der Waals surface area contributed by atoms with Crippen molar-refractivity contribution >= 4 is 17.9 Å². The number of rotatable bonds is 5. The maximum atomic E-state index is 11.8. The lowest BCUT2D eigenvalue weighted by atomic mass is 10.1. The van der Waals surface area contributed by atoms with Crippen LogP contribution in [-0.4, -0.2) is 36.2 Å². The molecule has 0 aliphatic heterocycles. The summed E-state index contributed by atoms with van der Waals surface area (Å²) in [6.45, 7) is 8.21. The quantitative estimate of drug-likeness (QED) is 0.801. The fourth-order valence-electron chi connectivity index (χ4n) is 1.73. The summed E-state index contributed by atoms with van der Waals surface area (Å²) < 4.78 is 10.3. The number of ether oxygens (including phenoxy) is 2. The third-order valence-corrected chi connectivity index (χ3v) is 2.72. The fraction of sp³-hybridized carbons (Fsp3) is 0.471. The molecule has 1 aromatic carbocycles. The highest BCUT2D eigenvalue weighted by Gasteiger charge is 2.20. The van der Waals surface area contributed by atoms with Crippen molar-refractivity contribution < 1.29 is 23.9 Å². The van der Waals surface area contributed by atoms with Crippen molar-refractivity contribution in [3.63, 3.8) is 0 Å². The van der Waals surface area contributed by atoms with Crippen molar-refractivity contribution in [3.05, 3.63) is 29.8 Å². The van der Waals surface area contributed by atoms with Crippen molar-refractivity contribution in [1.29, 1.82) is 0 Å². The second kappa shape index (κ2) is 8.33. The summed E-state index contributed by atoms with van der Waals surface area (Å²) in [6.07, 6.45) is -0.872. The average molecular weight is 336 g/mol. The minimum atomic E-state index is -0.872. The van der Waals surface area contributed by atoms with Gasteiger partial charge in [0.1, 0.15) is 5.75 Å². The normalized spacial score (nSPS) is 12.0. The zero-order valence-electron chi connectivity index (χ0n) is 14.6. The van der Waals surface area contributed by atoms with Crippen LogP contribution in [0.15, 0.2) is 24.3 Å². The van der Waals surface area contributed by atoms with E-state index in [4.69, 9.17) is 9.47 Å². The summed E-state index contributed by atoms with van der Waals surface area (Å²) in [6, 6.07) is 6.58. The second-order valence-electron chi connectivity index (χ2n) is 6.44. The molecule has 0 aliphatic carbocycles. The van der Waals surface area contributed by atoms with Gasteiger partial charge in [-0.1, -0.05) is 12.1 Å². The molecular formula is C17H24N2O5. The van der Waals surface area contributed by atoms with Gasteiger partial charge >= 0.3 is 12.0 Å². The number of carbonyl (C=O) groups is 3. The third-order valence-electron chi connectivity index (χ3n) is 2.72. The van der Waals surface area contributed by atoms with E-state index in [1.807, 2.05) is 19.1 Å². The lowest BCUT2D eigenvalue weighted by Gasteiger charge is -2.20. The highest BCUT2D eigenvalue weighted by atomic mass is 16.6. The topological polar surface area (TPSA) is 93.7 Å². The average Bonchev–Trinajstić information content (AvgIpc) is 2.42. The van der Waals surface area contributed by atoms with Gasteiger partial charge in [0.2, 0.25) is 0 Å². The molecule has 0 unspecified atom stereocenters. The number of hydrogen-bond donors (Lipinski definition) is 2. The zero-order chi connectivity index (χ0) is 18.3. The molecule has 0 radical (unpaired) electrons. The minimum absolute atomic E-state index is 0.475. The lowest BCUT2D eigenvalue weighted by molar-refractivity contribution is -0.154. The van der Waals surface area contributed by atoms with Crippen molar-refractivity contribution in [2.24, 2.45) is 0 Å². The molecule has 1 atom stereocenters. The number of urea groups is 1. The molecule has 24 heavy (non-hydrogen) atoms. The molecule has 0 saturated carbocycles. The monoisotopic (exact) mass is 336 g/mol. The molecule has 0 saturated heterocycles. The van der Waals surface area contributed by atoms with Gasteiger partial charge in [-0.05, 0) is 52.3 Å². The van der Waals surface area contributed by atoms with Crippen LogP contribution < -0.4 is 15.4 Å². The number of amides is 3. The van der Waals surface area contributed by atoms with Gasteiger partial charge in [-0.3, -0.25) is 10.1 Å². The van der Waals surface area contributed by atoms with Gasteiger partial charge in [-0.2, -0.15) is 0 Å². The molecule has 0 heterocycles. The predicted molar refractivity (Wildman–Crippen MR) is 88.7 cm³/mol. The third kappa shape index (κ3) is 7.62. The Kier molecular flexibility index (Phi) is 6.76. The molecule has 3 amide bonds. The van der Waals surface area contributed by atoms with Crippen LogP contribution in [0.2, 0.25) is 0 Å². The second-order valence-corrected chi connectivity index (χ2v) is 6.44. The van der Waals surface area contributed by atoms with Crippen LogP contribution in [-0.2, 0) is 14.3 Å². The first-order valence-electron chi connectivity index (χ1n) is 7.59. The van der Waals surface area contributed by atoms with Crippen LogP contribution in [0.5, 0.6) is 5.75 Å². The Labute approximate surface area is 141 Å². The van der Waals surface area contributed by atoms with Crippen LogP contribution >= 0.6 is 0 Å². The SMILES string of the molecule is Cc1cccc(O[C@H](C)C(=O)OCC(=O)NC(=O)NC(C)(C)C)c1. The van der Waals surface area contributed by atoms with Crippen molar-refractivity contribution in [3.8, 4) is 5.75 Å². The Morgan fingerprint density at radius 3 is 2.46 bits per heavy atom. The van der Waals surface area contributed by atoms with Gasteiger partial charge < -0.3 is 14.8 Å². The Morgan fingerprint density at radius 2 is 1.88 bits per heavy atom. The molecule has 7 heteroatoms. The number of benzene rings is 1. The highest BCUT2D eigenvalue weighted by molar-refractivity contribution is 5.95. The van der Waals surface area contributed by atoms with Gasteiger partial charge in [0.15, 0.2) is 12.7 Å². The molecule has 0 aliphatic rings. The van der Waals surface area contributed by atoms with Crippen LogP contribution in [0.25, 0.3) is 0 Å². The van der Waals surface area contributed by atoms with E-state index in [0.717, 1.165) is 5.56 Å². The Bertz CT molecular complexity index is 607. The van der Waals surface area contributed by atoms with Crippen LogP contribution in [0.3, 0.4) is 0 Å². The molecule has 0 bridgehead atoms. The Morgan fingerprint density at radius 1 is 1.21 bits per heavy atom. The summed E-state index contributed by atoms with van der Waals surface area (Å²) in [5.41, 5.74) is 0.523. The number of carbonyl (C=O) groups excluding carboxylic acids is 3. The summed E-state index contributed by atoms with van der Waals surface area (Å²) in [4.78, 5) is 34.9. The largest absolute Gasteiger partial charge is 0.479 e. The number of nitrogens with one attached hydrogen (secondary N) is 2. The van der Waals surface area contributed by atoms with E-state index in [0.29, 0.717) is 5.75 Å². The van der Waals surface area contributed by atoms with Gasteiger partial charge in [0.05, 0.1) is 0 Å². The standard InChI is InChI=1S/C17H24N2O5/c1-11-7-6-8-13(9-11)24-12(2)15(21)23-10-14(20)18-16(22)19-17(3,4)5/h6-9,12H,10H2,1-5H3,(H2,18,19,20,22)/t12-/m1/s1. The zero-order valence-corrected chi connectivity index (χ0v) is 14.6. The van der Waals surface area contributed by atoms with Gasteiger partial charge in [-0.25, -0.2) is 9.59 Å². The van der Waals surface area contributed by atoms with E-state index in [9.17, 15) is 14.4 Å². The van der Waals surface area contributed by atoms with E-state index in [-0.39, 0.29) is 0 Å². The maximum absolute atomic E-state index is 11.8. The molecule has 0 spiro atoms. The fourth-order valence-corrected chi connectivity index (χ4v) is 1.73. The van der Waals surface area contributed by atoms with Gasteiger partial charge in [0.25, 0.3) is 5.91 Å². The van der Waals surface area contributed by atoms with Crippen molar-refractivity contribution in [1.82, 2.24) is 10.6 Å². The predicted octanol–water partition coefficient (Wildman–Crippen LogP) is 1.93. The van der Waals surface area contributed by atoms with Gasteiger partial charge in [0, 0.05) is 5.54 Å². The van der Waals surface area contributed by atoms with Crippen LogP contribution in [0.4, 0.5) is 4.79 Å². The van der Waals surface area contributed by atoms with E-state index in [2.05, 4.69) is 10.6 Å². The van der Waals surface area contributed by atoms with E-state index < -0.39 is 36.2 Å². The molecular weight excluding hydrogens is 312 g/mol. The van der Waals surface area contributed by atoms with Gasteiger partial charge in [-0.15, -0.1) is 0 Å². The lowest BCUT2D eigenvalue weighted by Crippen LogP contribution is -2.49. The summed E-state index contributed by atoms with van der Waals surface area (Å²) in [7, 11) is 0. The van der Waals surface area contributed by atoms with E-state index in [1.54, 1.807) is 32.9 Å². The molecule has 0 aromatic heterocycles. The van der Waals surface area contributed by atoms with E-state index in [1.165, 1.54) is 6.92 Å². The van der Waals surface area contributed by atoms with Crippen LogP contribution in [0.1, 0.15) is 33.3 Å². The maximum Gasteiger partial charge on any atom is 0.347 e. The first-order chi connectivity index (χ1) is 11.1. The van der Waals surface area contributed by atoms with Crippen molar-refractivity contribution in [2.75, 3.05) is 6.61 Å². The molecule has 1 aromatic rings. The molecule has 2 N–H and O–H groups in total. The van der Waals surface area contributed by atoms with Crippen LogP contribution in [0, 0.1) is 6.92 Å². The number of imide groups is 1. The van der Waals surface area contributed by atoms with Crippen molar-refractivity contribution in [2.45, 2.75) is 46.3 Å². The molecule has 7 nitrogen and oxygen atoms in total. The Balaban J connectivity index is 2.39. The molecule has 0 fully saturated rings. The van der Waals surface area contributed by atoms with E-state index >= 15 is 0 Å².